The van der Waals surface area contributed by atoms with Gasteiger partial charge in [-0.25, -0.2) is 4.98 Å². The summed E-state index contributed by atoms with van der Waals surface area (Å²) in [5.41, 5.74) is 1.40. The van der Waals surface area contributed by atoms with Crippen molar-refractivity contribution >= 4 is 0 Å². The number of nitrogens with one attached hydrogen (secondary N) is 1. The molecule has 1 aliphatic rings. The van der Waals surface area contributed by atoms with Gasteiger partial charge in [-0.3, -0.25) is 0 Å². The summed E-state index contributed by atoms with van der Waals surface area (Å²) in [7, 11) is 0. The minimum absolute atomic E-state index is 0.844. The Bertz CT molecular complexity index is 287. The van der Waals surface area contributed by atoms with Crippen molar-refractivity contribution in [1.29, 1.82) is 0 Å². The summed E-state index contributed by atoms with van der Waals surface area (Å²) in [6.45, 7) is 5.75. The van der Waals surface area contributed by atoms with E-state index in [1.165, 1.54) is 38.0 Å². The zero-order valence-corrected chi connectivity index (χ0v) is 9.58. The Morgan fingerprint density at radius 1 is 1.47 bits per heavy atom. The lowest BCUT2D eigenvalue weighted by atomic mass is 9.98. The van der Waals surface area contributed by atoms with Gasteiger partial charge in [-0.2, -0.15) is 0 Å². The zero-order valence-electron chi connectivity index (χ0n) is 9.58. The Hall–Kier alpha value is -0.830. The van der Waals surface area contributed by atoms with Gasteiger partial charge in [0.15, 0.2) is 0 Å². The van der Waals surface area contributed by atoms with E-state index in [1.54, 1.807) is 0 Å². The number of rotatable bonds is 4. The number of piperidine rings is 1. The van der Waals surface area contributed by atoms with Crippen LogP contribution in [0.4, 0.5) is 0 Å². The van der Waals surface area contributed by atoms with Crippen molar-refractivity contribution in [1.82, 2.24) is 14.9 Å². The summed E-state index contributed by atoms with van der Waals surface area (Å²) in [4.78, 5) is 4.25. The normalized spacial score (nSPS) is 18.2. The lowest BCUT2D eigenvalue weighted by molar-refractivity contribution is 0.330. The molecule has 0 bridgehead atoms. The second-order valence-corrected chi connectivity index (χ2v) is 4.48. The van der Waals surface area contributed by atoms with E-state index in [0.717, 1.165) is 18.9 Å². The Labute approximate surface area is 91.9 Å². The molecule has 1 aromatic rings. The maximum atomic E-state index is 4.25. The van der Waals surface area contributed by atoms with Gasteiger partial charge >= 0.3 is 0 Å². The SMILES string of the molecule is CCCc1cncn1CC1CCNCC1. The molecule has 3 heteroatoms. The summed E-state index contributed by atoms with van der Waals surface area (Å²) in [6, 6.07) is 0. The second-order valence-electron chi connectivity index (χ2n) is 4.48. The van der Waals surface area contributed by atoms with Crippen molar-refractivity contribution in [2.75, 3.05) is 13.1 Å². The van der Waals surface area contributed by atoms with Gasteiger partial charge in [0.05, 0.1) is 6.33 Å². The van der Waals surface area contributed by atoms with Crippen LogP contribution in [-0.4, -0.2) is 22.6 Å². The molecule has 0 aromatic carbocycles. The van der Waals surface area contributed by atoms with Gasteiger partial charge in [0.2, 0.25) is 0 Å². The van der Waals surface area contributed by atoms with Crippen molar-refractivity contribution in [3.05, 3.63) is 18.2 Å². The van der Waals surface area contributed by atoms with E-state index in [2.05, 4.69) is 21.8 Å². The van der Waals surface area contributed by atoms with Gasteiger partial charge in [-0.15, -0.1) is 0 Å². The quantitative estimate of drug-likeness (QED) is 0.816. The van der Waals surface area contributed by atoms with E-state index < -0.39 is 0 Å². The first-order valence-electron chi connectivity index (χ1n) is 6.10. The van der Waals surface area contributed by atoms with Crippen molar-refractivity contribution in [2.45, 2.75) is 39.2 Å². The van der Waals surface area contributed by atoms with Crippen molar-refractivity contribution in [2.24, 2.45) is 5.92 Å². The van der Waals surface area contributed by atoms with Gasteiger partial charge in [0.25, 0.3) is 0 Å². The van der Waals surface area contributed by atoms with Gasteiger partial charge in [0, 0.05) is 18.4 Å². The molecule has 2 heterocycles. The lowest BCUT2D eigenvalue weighted by Crippen LogP contribution is -2.30. The van der Waals surface area contributed by atoms with Crippen LogP contribution in [0.25, 0.3) is 0 Å². The molecule has 1 saturated heterocycles. The standard InChI is InChI=1S/C12H21N3/c1-2-3-12-8-14-10-15(12)9-11-4-6-13-7-5-11/h8,10-11,13H,2-7,9H2,1H3. The molecule has 0 atom stereocenters. The van der Waals surface area contributed by atoms with Gasteiger partial charge in [-0.05, 0) is 38.3 Å². The molecular formula is C12H21N3. The molecule has 0 spiro atoms. The summed E-state index contributed by atoms with van der Waals surface area (Å²) >= 11 is 0. The van der Waals surface area contributed by atoms with Crippen molar-refractivity contribution < 1.29 is 0 Å². The van der Waals surface area contributed by atoms with Gasteiger partial charge < -0.3 is 9.88 Å². The molecule has 0 radical (unpaired) electrons. The maximum Gasteiger partial charge on any atom is 0.0948 e. The topological polar surface area (TPSA) is 29.9 Å². The third-order valence-corrected chi connectivity index (χ3v) is 3.22. The Kier molecular flexibility index (Phi) is 3.78. The molecule has 1 N–H and O–H groups in total. The highest BCUT2D eigenvalue weighted by molar-refractivity contribution is 4.98. The molecule has 84 valence electrons. The van der Waals surface area contributed by atoms with Crippen LogP contribution in [-0.2, 0) is 13.0 Å². The molecule has 1 fully saturated rings. The number of nitrogens with zero attached hydrogens (tertiary/aromatic N) is 2. The highest BCUT2D eigenvalue weighted by Crippen LogP contribution is 2.15. The molecule has 3 nitrogen and oxygen atoms in total. The summed E-state index contributed by atoms with van der Waals surface area (Å²) < 4.78 is 2.35. The smallest absolute Gasteiger partial charge is 0.0948 e. The molecule has 15 heavy (non-hydrogen) atoms. The number of aromatic nitrogens is 2. The number of aryl methyl sites for hydroxylation is 1. The highest BCUT2D eigenvalue weighted by Gasteiger charge is 2.14. The Morgan fingerprint density at radius 2 is 2.27 bits per heavy atom. The van der Waals surface area contributed by atoms with Crippen LogP contribution in [0.15, 0.2) is 12.5 Å². The van der Waals surface area contributed by atoms with Crippen molar-refractivity contribution in [3.8, 4) is 0 Å². The first-order chi connectivity index (χ1) is 7.40. The fraction of sp³-hybridized carbons (Fsp3) is 0.750. The van der Waals surface area contributed by atoms with Gasteiger partial charge in [0.1, 0.15) is 0 Å². The third-order valence-electron chi connectivity index (χ3n) is 3.22. The van der Waals surface area contributed by atoms with E-state index in [1.807, 2.05) is 12.5 Å². The predicted molar refractivity (Wildman–Crippen MR) is 61.8 cm³/mol. The van der Waals surface area contributed by atoms with Crippen LogP contribution in [0.2, 0.25) is 0 Å². The average molecular weight is 207 g/mol. The van der Waals surface area contributed by atoms with Crippen LogP contribution in [0.5, 0.6) is 0 Å². The van der Waals surface area contributed by atoms with Crippen LogP contribution in [0, 0.1) is 5.92 Å². The van der Waals surface area contributed by atoms with Crippen LogP contribution in [0.3, 0.4) is 0 Å². The zero-order chi connectivity index (χ0) is 10.5. The fourth-order valence-electron chi connectivity index (χ4n) is 2.32. The van der Waals surface area contributed by atoms with E-state index >= 15 is 0 Å². The van der Waals surface area contributed by atoms with Gasteiger partial charge in [-0.1, -0.05) is 13.3 Å². The first kappa shape index (κ1) is 10.7. The molecule has 0 unspecified atom stereocenters. The Morgan fingerprint density at radius 3 is 3.00 bits per heavy atom. The van der Waals surface area contributed by atoms with Crippen molar-refractivity contribution in [3.63, 3.8) is 0 Å². The Balaban J connectivity index is 1.93. The number of hydrogen-bond donors (Lipinski definition) is 1. The number of imidazole rings is 1. The van der Waals surface area contributed by atoms with Crippen LogP contribution >= 0.6 is 0 Å². The predicted octanol–water partition coefficient (Wildman–Crippen LogP) is 1.84. The monoisotopic (exact) mass is 207 g/mol. The van der Waals surface area contributed by atoms with E-state index in [-0.39, 0.29) is 0 Å². The first-order valence-corrected chi connectivity index (χ1v) is 6.10. The van der Waals surface area contributed by atoms with E-state index in [4.69, 9.17) is 0 Å². The minimum Gasteiger partial charge on any atom is -0.334 e. The third kappa shape index (κ3) is 2.81. The maximum absolute atomic E-state index is 4.25. The molecule has 0 aliphatic carbocycles. The minimum atomic E-state index is 0.844. The molecule has 1 aromatic heterocycles. The summed E-state index contributed by atoms with van der Waals surface area (Å²) in [6.07, 6.45) is 8.99. The molecule has 1 aliphatic heterocycles. The lowest BCUT2D eigenvalue weighted by Gasteiger charge is -2.23. The summed E-state index contributed by atoms with van der Waals surface area (Å²) in [5.74, 6) is 0.844. The second kappa shape index (κ2) is 5.31. The van der Waals surface area contributed by atoms with E-state index in [9.17, 15) is 0 Å². The van der Waals surface area contributed by atoms with Crippen LogP contribution < -0.4 is 5.32 Å². The van der Waals surface area contributed by atoms with E-state index in [0.29, 0.717) is 0 Å². The molecule has 0 amide bonds. The largest absolute Gasteiger partial charge is 0.334 e. The summed E-state index contributed by atoms with van der Waals surface area (Å²) in [5, 5.41) is 3.41. The molecule has 0 saturated carbocycles. The number of hydrogen-bond acceptors (Lipinski definition) is 2. The van der Waals surface area contributed by atoms with Crippen LogP contribution in [0.1, 0.15) is 31.9 Å². The fourth-order valence-corrected chi connectivity index (χ4v) is 2.32. The highest BCUT2D eigenvalue weighted by atomic mass is 15.0. The molecular weight excluding hydrogens is 186 g/mol. The average Bonchev–Trinajstić information content (AvgIpc) is 2.68. The molecule has 2 rings (SSSR count).